The quantitative estimate of drug-likeness (QED) is 0.422. The van der Waals surface area contributed by atoms with Gasteiger partial charge in [0.1, 0.15) is 11.8 Å². The maximum atomic E-state index is 13.2. The van der Waals surface area contributed by atoms with Crippen molar-refractivity contribution < 1.29 is 14.3 Å². The van der Waals surface area contributed by atoms with Crippen LogP contribution in [0.25, 0.3) is 0 Å². The predicted molar refractivity (Wildman–Crippen MR) is 126 cm³/mol. The molecule has 2 aromatic carbocycles. The molecule has 2 amide bonds. The summed E-state index contributed by atoms with van der Waals surface area (Å²) in [5, 5.41) is 3.85. The van der Waals surface area contributed by atoms with Crippen molar-refractivity contribution in [3.8, 4) is 5.75 Å². The molecule has 0 heterocycles. The zero-order chi connectivity index (χ0) is 22.6. The summed E-state index contributed by atoms with van der Waals surface area (Å²) in [6.45, 7) is 5.03. The first-order valence-electron chi connectivity index (χ1n) is 10.7. The van der Waals surface area contributed by atoms with E-state index in [0.29, 0.717) is 41.6 Å². The summed E-state index contributed by atoms with van der Waals surface area (Å²) in [7, 11) is 0. The van der Waals surface area contributed by atoms with Crippen LogP contribution >= 0.6 is 23.2 Å². The monoisotopic (exact) mass is 464 g/mol. The minimum atomic E-state index is -0.596. The lowest BCUT2D eigenvalue weighted by Crippen LogP contribution is -2.49. The lowest BCUT2D eigenvalue weighted by Gasteiger charge is -2.31. The van der Waals surface area contributed by atoms with E-state index in [4.69, 9.17) is 27.9 Å². The van der Waals surface area contributed by atoms with Gasteiger partial charge in [0.05, 0.1) is 6.61 Å². The molecule has 2 rings (SSSR count). The molecule has 2 aromatic rings. The Labute approximate surface area is 194 Å². The number of hydrogen-bond acceptors (Lipinski definition) is 3. The van der Waals surface area contributed by atoms with Gasteiger partial charge < -0.3 is 15.0 Å². The Bertz CT molecular complexity index is 826. The Kier molecular flexibility index (Phi) is 10.7. The minimum absolute atomic E-state index is 0.133. The third-order valence-corrected chi connectivity index (χ3v) is 5.58. The molecule has 7 heteroatoms. The average Bonchev–Trinajstić information content (AvgIpc) is 2.77. The second kappa shape index (κ2) is 13.2. The molecule has 0 spiro atoms. The average molecular weight is 465 g/mol. The summed E-state index contributed by atoms with van der Waals surface area (Å²) in [6.07, 6.45) is 2.10. The van der Waals surface area contributed by atoms with Crippen molar-refractivity contribution in [2.24, 2.45) is 0 Å². The van der Waals surface area contributed by atoms with Crippen molar-refractivity contribution >= 4 is 35.0 Å². The molecule has 0 aliphatic heterocycles. The highest BCUT2D eigenvalue weighted by atomic mass is 35.5. The maximum absolute atomic E-state index is 13.2. The van der Waals surface area contributed by atoms with E-state index in [2.05, 4.69) is 5.32 Å². The molecule has 0 aromatic heterocycles. The highest BCUT2D eigenvalue weighted by Crippen LogP contribution is 2.27. The number of benzene rings is 2. The highest BCUT2D eigenvalue weighted by Gasteiger charge is 2.29. The number of halogens is 2. The Hall–Kier alpha value is -2.24. The fourth-order valence-electron chi connectivity index (χ4n) is 3.21. The topological polar surface area (TPSA) is 58.6 Å². The van der Waals surface area contributed by atoms with Gasteiger partial charge in [0.25, 0.3) is 0 Å². The number of rotatable bonds is 12. The zero-order valence-corrected chi connectivity index (χ0v) is 19.6. The van der Waals surface area contributed by atoms with Crippen LogP contribution in [0, 0.1) is 0 Å². The van der Waals surface area contributed by atoms with Gasteiger partial charge in [0.2, 0.25) is 11.8 Å². The van der Waals surface area contributed by atoms with Crippen LogP contribution in [0.1, 0.15) is 45.1 Å². The zero-order valence-electron chi connectivity index (χ0n) is 18.1. The van der Waals surface area contributed by atoms with Crippen molar-refractivity contribution in [1.29, 1.82) is 0 Å². The Morgan fingerprint density at radius 2 is 1.71 bits per heavy atom. The molecular weight excluding hydrogens is 435 g/mol. The molecule has 1 atom stereocenters. The fraction of sp³-hybridized carbons (Fsp3) is 0.417. The predicted octanol–water partition coefficient (Wildman–Crippen LogP) is 5.49. The Morgan fingerprint density at radius 1 is 1.03 bits per heavy atom. The maximum Gasteiger partial charge on any atom is 0.242 e. The van der Waals surface area contributed by atoms with Gasteiger partial charge in [-0.2, -0.15) is 0 Å². The van der Waals surface area contributed by atoms with Crippen LogP contribution in [0.3, 0.4) is 0 Å². The van der Waals surface area contributed by atoms with Crippen molar-refractivity contribution in [1.82, 2.24) is 10.2 Å². The van der Waals surface area contributed by atoms with Gasteiger partial charge in [0, 0.05) is 35.1 Å². The Balaban J connectivity index is 2.11. The van der Waals surface area contributed by atoms with Crippen LogP contribution in [0.5, 0.6) is 5.75 Å². The third-order valence-electron chi connectivity index (χ3n) is 4.87. The molecule has 0 fully saturated rings. The first-order valence-corrected chi connectivity index (χ1v) is 11.4. The number of ether oxygens (including phenoxy) is 1. The molecule has 168 valence electrons. The molecule has 0 saturated carbocycles. The number of para-hydroxylation sites is 1. The van der Waals surface area contributed by atoms with E-state index in [-0.39, 0.29) is 24.8 Å². The second-order valence-corrected chi connectivity index (χ2v) is 8.02. The van der Waals surface area contributed by atoms with Crippen molar-refractivity contribution in [3.63, 3.8) is 0 Å². The van der Waals surface area contributed by atoms with E-state index in [9.17, 15) is 9.59 Å². The van der Waals surface area contributed by atoms with E-state index < -0.39 is 6.04 Å². The van der Waals surface area contributed by atoms with Gasteiger partial charge in [-0.25, -0.2) is 0 Å². The molecule has 5 nitrogen and oxygen atoms in total. The van der Waals surface area contributed by atoms with E-state index in [1.165, 1.54) is 0 Å². The number of nitrogens with one attached hydrogen (secondary N) is 1. The molecule has 31 heavy (non-hydrogen) atoms. The van der Waals surface area contributed by atoms with Crippen LogP contribution < -0.4 is 10.1 Å². The summed E-state index contributed by atoms with van der Waals surface area (Å²) in [6, 6.07) is 14.1. The largest absolute Gasteiger partial charge is 0.494 e. The van der Waals surface area contributed by atoms with Crippen LogP contribution in [0.4, 0.5) is 0 Å². The molecule has 0 radical (unpaired) electrons. The van der Waals surface area contributed by atoms with Gasteiger partial charge in [-0.1, -0.05) is 61.3 Å². The van der Waals surface area contributed by atoms with Crippen LogP contribution in [-0.4, -0.2) is 35.9 Å². The summed E-state index contributed by atoms with van der Waals surface area (Å²) < 4.78 is 5.69. The third kappa shape index (κ3) is 7.75. The van der Waals surface area contributed by atoms with Gasteiger partial charge in [-0.05, 0) is 43.5 Å². The molecule has 1 unspecified atom stereocenters. The van der Waals surface area contributed by atoms with Crippen LogP contribution in [-0.2, 0) is 16.1 Å². The van der Waals surface area contributed by atoms with Crippen molar-refractivity contribution in [2.75, 3.05) is 13.2 Å². The van der Waals surface area contributed by atoms with E-state index in [1.54, 1.807) is 23.1 Å². The number of carbonyl (C=O) groups is 2. The summed E-state index contributed by atoms with van der Waals surface area (Å²) >= 11 is 12.7. The number of nitrogens with zero attached hydrogens (tertiary/aromatic N) is 1. The second-order valence-electron chi connectivity index (χ2n) is 7.20. The SMILES string of the molecule is CCCNC(=O)C(CC)N(Cc1c(Cl)cccc1Cl)C(=O)CCCOc1ccccc1. The van der Waals surface area contributed by atoms with Crippen molar-refractivity contribution in [2.45, 2.75) is 52.1 Å². The van der Waals surface area contributed by atoms with Gasteiger partial charge in [-0.3, -0.25) is 9.59 Å². The van der Waals surface area contributed by atoms with E-state index in [1.807, 2.05) is 44.2 Å². The number of amides is 2. The molecule has 1 N–H and O–H groups in total. The molecule has 0 aliphatic rings. The summed E-state index contributed by atoms with van der Waals surface area (Å²) in [4.78, 5) is 27.5. The van der Waals surface area contributed by atoms with E-state index in [0.717, 1.165) is 12.2 Å². The lowest BCUT2D eigenvalue weighted by molar-refractivity contribution is -0.141. The standard InChI is InChI=1S/C24H30Cl2N2O3/c1-3-15-27-24(30)22(4-2)28(17-19-20(25)12-8-13-21(19)26)23(29)14-9-16-31-18-10-6-5-7-11-18/h5-8,10-13,22H,3-4,9,14-17H2,1-2H3,(H,27,30). The van der Waals surface area contributed by atoms with Crippen molar-refractivity contribution in [3.05, 3.63) is 64.1 Å². The fourth-order valence-corrected chi connectivity index (χ4v) is 3.73. The minimum Gasteiger partial charge on any atom is -0.494 e. The molecule has 0 aliphatic carbocycles. The first kappa shape index (κ1) is 25.0. The molecule has 0 saturated heterocycles. The van der Waals surface area contributed by atoms with Gasteiger partial charge >= 0.3 is 0 Å². The highest BCUT2D eigenvalue weighted by molar-refractivity contribution is 6.36. The van der Waals surface area contributed by atoms with Crippen LogP contribution in [0.2, 0.25) is 10.0 Å². The number of carbonyl (C=O) groups excluding carboxylic acids is 2. The van der Waals surface area contributed by atoms with E-state index >= 15 is 0 Å². The summed E-state index contributed by atoms with van der Waals surface area (Å²) in [5.74, 6) is 0.465. The first-order chi connectivity index (χ1) is 15.0. The molecular formula is C24H30Cl2N2O3. The van der Waals surface area contributed by atoms with Gasteiger partial charge in [0.15, 0.2) is 0 Å². The number of hydrogen-bond donors (Lipinski definition) is 1. The smallest absolute Gasteiger partial charge is 0.242 e. The normalized spacial score (nSPS) is 11.6. The van der Waals surface area contributed by atoms with Crippen LogP contribution in [0.15, 0.2) is 48.5 Å². The lowest BCUT2D eigenvalue weighted by atomic mass is 10.1. The Morgan fingerprint density at radius 3 is 2.32 bits per heavy atom. The summed E-state index contributed by atoms with van der Waals surface area (Å²) in [5.41, 5.74) is 0.640. The molecule has 0 bridgehead atoms. The van der Waals surface area contributed by atoms with Gasteiger partial charge in [-0.15, -0.1) is 0 Å².